The van der Waals surface area contributed by atoms with Crippen LogP contribution in [0.3, 0.4) is 0 Å². The lowest BCUT2D eigenvalue weighted by atomic mass is 9.93. The second-order valence-electron chi connectivity index (χ2n) is 19.1. The number of fused-ring (bicyclic) bond motifs is 12. The number of rotatable bonds is 6. The van der Waals surface area contributed by atoms with Gasteiger partial charge >= 0.3 is 0 Å². The van der Waals surface area contributed by atoms with Gasteiger partial charge in [-0.3, -0.25) is 0 Å². The first-order chi connectivity index (χ1) is 36.6. The predicted octanol–water partition coefficient (Wildman–Crippen LogP) is 17.2. The molecule has 6 heteroatoms. The van der Waals surface area contributed by atoms with Crippen LogP contribution in [0.5, 0.6) is 0 Å². The van der Waals surface area contributed by atoms with E-state index in [0.717, 1.165) is 88.8 Å². The fourth-order valence-corrected chi connectivity index (χ4v) is 12.1. The van der Waals surface area contributed by atoms with Gasteiger partial charge in [0.1, 0.15) is 0 Å². The van der Waals surface area contributed by atoms with Gasteiger partial charge in [-0.25, -0.2) is 0 Å². The first kappa shape index (κ1) is 41.4. The molecular formula is C68H40N6. The fourth-order valence-electron chi connectivity index (χ4n) is 12.1. The summed E-state index contributed by atoms with van der Waals surface area (Å²) < 4.78 is 9.69. The van der Waals surface area contributed by atoms with Crippen LogP contribution in [0.2, 0.25) is 0 Å². The zero-order valence-corrected chi connectivity index (χ0v) is 39.8. The van der Waals surface area contributed by atoms with E-state index in [1.807, 2.05) is 12.1 Å². The van der Waals surface area contributed by atoms with Crippen molar-refractivity contribution in [2.45, 2.75) is 0 Å². The average Bonchev–Trinajstić information content (AvgIpc) is 4.24. The minimum absolute atomic E-state index is 0.472. The number of aromatic nitrogens is 4. The van der Waals surface area contributed by atoms with E-state index in [1.54, 1.807) is 18.2 Å². The van der Waals surface area contributed by atoms with Gasteiger partial charge in [0.05, 0.1) is 73.1 Å². The summed E-state index contributed by atoms with van der Waals surface area (Å²) >= 11 is 0. The highest BCUT2D eigenvalue weighted by atomic mass is 15.0. The first-order valence-electron chi connectivity index (χ1n) is 24.9. The summed E-state index contributed by atoms with van der Waals surface area (Å²) in [7, 11) is 0. The standard InChI is InChI=1S/C68H40N6/c69-41-45-16-15-17-46(42-70)68(45)44-32-30-43(31-33-44)50-35-34-49(73-61-28-13-9-24-53(61)56-37-64-55(38-66(56)73)51-22-7-11-26-59(51)71(64)47-18-3-1-4-19-47)36-63(50)74-62-29-14-10-25-54(62)58-39-65-57(40-67(58)74)52-23-8-12-27-60(52)72(65)48-20-5-2-6-21-48/h1-40H. The lowest BCUT2D eigenvalue weighted by Crippen LogP contribution is -2.01. The smallest absolute Gasteiger partial charge is 0.0998 e. The van der Waals surface area contributed by atoms with E-state index in [2.05, 4.69) is 243 Å². The summed E-state index contributed by atoms with van der Waals surface area (Å²) in [5.74, 6) is 0. The van der Waals surface area contributed by atoms with E-state index in [-0.39, 0.29) is 0 Å². The van der Waals surface area contributed by atoms with Crippen LogP contribution >= 0.6 is 0 Å². The lowest BCUT2D eigenvalue weighted by molar-refractivity contribution is 1.14. The third-order valence-corrected chi connectivity index (χ3v) is 15.2. The summed E-state index contributed by atoms with van der Waals surface area (Å²) in [5.41, 5.74) is 17.8. The third kappa shape index (κ3) is 5.97. The van der Waals surface area contributed by atoms with E-state index in [9.17, 15) is 10.5 Å². The molecule has 0 aliphatic heterocycles. The topological polar surface area (TPSA) is 67.3 Å². The van der Waals surface area contributed by atoms with Gasteiger partial charge in [-0.2, -0.15) is 10.5 Å². The molecule has 0 amide bonds. The van der Waals surface area contributed by atoms with Gasteiger partial charge in [-0.1, -0.05) is 146 Å². The monoisotopic (exact) mass is 940 g/mol. The second kappa shape index (κ2) is 16.1. The molecule has 0 spiro atoms. The molecule has 15 aromatic rings. The molecule has 6 nitrogen and oxygen atoms in total. The Balaban J connectivity index is 1.03. The van der Waals surface area contributed by atoms with Crippen molar-refractivity contribution < 1.29 is 0 Å². The normalized spacial score (nSPS) is 11.8. The van der Waals surface area contributed by atoms with Crippen LogP contribution in [0.15, 0.2) is 243 Å². The molecule has 342 valence electrons. The quantitative estimate of drug-likeness (QED) is 0.167. The van der Waals surface area contributed by atoms with Crippen LogP contribution < -0.4 is 0 Å². The molecule has 0 N–H and O–H groups in total. The third-order valence-electron chi connectivity index (χ3n) is 15.2. The molecule has 0 saturated heterocycles. The fraction of sp³-hybridized carbons (Fsp3) is 0. The van der Waals surface area contributed by atoms with E-state index in [1.165, 1.54) is 37.8 Å². The van der Waals surface area contributed by atoms with Crippen molar-refractivity contribution in [3.8, 4) is 57.1 Å². The van der Waals surface area contributed by atoms with Gasteiger partial charge < -0.3 is 18.3 Å². The molecular weight excluding hydrogens is 901 g/mol. The van der Waals surface area contributed by atoms with Gasteiger partial charge in [0.25, 0.3) is 0 Å². The molecule has 0 radical (unpaired) electrons. The summed E-state index contributed by atoms with van der Waals surface area (Å²) in [6.45, 7) is 0. The van der Waals surface area contributed by atoms with Crippen molar-refractivity contribution in [1.82, 2.24) is 18.3 Å². The van der Waals surface area contributed by atoms with Crippen LogP contribution in [-0.2, 0) is 0 Å². The highest BCUT2D eigenvalue weighted by Crippen LogP contribution is 2.44. The zero-order chi connectivity index (χ0) is 49.0. The summed E-state index contributed by atoms with van der Waals surface area (Å²) in [6, 6.07) is 91.1. The largest absolute Gasteiger partial charge is 0.309 e. The minimum Gasteiger partial charge on any atom is -0.309 e. The van der Waals surface area contributed by atoms with Crippen molar-refractivity contribution in [3.63, 3.8) is 0 Å². The number of para-hydroxylation sites is 6. The maximum Gasteiger partial charge on any atom is 0.0998 e. The maximum atomic E-state index is 10.1. The van der Waals surface area contributed by atoms with E-state index < -0.39 is 0 Å². The SMILES string of the molecule is N#Cc1cccc(C#N)c1-c1ccc(-c2ccc(-n3c4ccccc4c4cc5c(cc43)c3ccccc3n5-c3ccccc3)cc2-n2c3ccccc3c3cc4c(cc32)c2ccccc2n4-c2ccccc2)cc1. The second-order valence-corrected chi connectivity index (χ2v) is 19.1. The molecule has 15 rings (SSSR count). The van der Waals surface area contributed by atoms with Gasteiger partial charge in [0, 0.05) is 71.3 Å². The molecule has 0 bridgehead atoms. The molecule has 0 aliphatic carbocycles. The lowest BCUT2D eigenvalue weighted by Gasteiger charge is -2.18. The Labute approximate surface area is 424 Å². The number of hydrogen-bond acceptors (Lipinski definition) is 2. The molecule has 0 unspecified atom stereocenters. The highest BCUT2D eigenvalue weighted by Gasteiger charge is 2.23. The summed E-state index contributed by atoms with van der Waals surface area (Å²) in [6.07, 6.45) is 0. The maximum absolute atomic E-state index is 10.1. The van der Waals surface area contributed by atoms with Crippen LogP contribution in [-0.4, -0.2) is 18.3 Å². The number of benzene rings is 11. The summed E-state index contributed by atoms with van der Waals surface area (Å²) in [5, 5.41) is 29.7. The van der Waals surface area contributed by atoms with Gasteiger partial charge in [-0.05, 0) is 108 Å². The van der Waals surface area contributed by atoms with Gasteiger partial charge in [0.15, 0.2) is 0 Å². The Morgan fingerprint density at radius 2 is 0.622 bits per heavy atom. The van der Waals surface area contributed by atoms with Crippen molar-refractivity contribution in [1.29, 1.82) is 10.5 Å². The molecule has 11 aromatic carbocycles. The Hall–Kier alpha value is -10.4. The predicted molar refractivity (Wildman–Crippen MR) is 304 cm³/mol. The molecule has 4 aromatic heterocycles. The molecule has 74 heavy (non-hydrogen) atoms. The Bertz CT molecular complexity index is 4870. The molecule has 0 aliphatic rings. The highest BCUT2D eigenvalue weighted by molar-refractivity contribution is 6.21. The number of nitrogens with zero attached hydrogens (tertiary/aromatic N) is 6. The minimum atomic E-state index is 0.472. The Kier molecular flexibility index (Phi) is 8.99. The molecule has 0 fully saturated rings. The van der Waals surface area contributed by atoms with Crippen molar-refractivity contribution >= 4 is 87.2 Å². The first-order valence-corrected chi connectivity index (χ1v) is 24.9. The van der Waals surface area contributed by atoms with Crippen LogP contribution in [0, 0.1) is 22.7 Å². The van der Waals surface area contributed by atoms with Crippen molar-refractivity contribution in [2.24, 2.45) is 0 Å². The van der Waals surface area contributed by atoms with E-state index in [4.69, 9.17) is 0 Å². The molecule has 0 atom stereocenters. The zero-order valence-electron chi connectivity index (χ0n) is 39.8. The van der Waals surface area contributed by atoms with Gasteiger partial charge in [0.2, 0.25) is 0 Å². The van der Waals surface area contributed by atoms with Crippen LogP contribution in [0.1, 0.15) is 11.1 Å². The van der Waals surface area contributed by atoms with Crippen molar-refractivity contribution in [3.05, 3.63) is 254 Å². The number of hydrogen-bond donors (Lipinski definition) is 0. The Morgan fingerprint density at radius 1 is 0.257 bits per heavy atom. The molecule has 4 heterocycles. The molecule has 0 saturated carbocycles. The number of nitriles is 2. The summed E-state index contributed by atoms with van der Waals surface area (Å²) in [4.78, 5) is 0. The van der Waals surface area contributed by atoms with Gasteiger partial charge in [-0.15, -0.1) is 0 Å². The van der Waals surface area contributed by atoms with E-state index >= 15 is 0 Å². The van der Waals surface area contributed by atoms with E-state index in [0.29, 0.717) is 16.7 Å². The Morgan fingerprint density at radius 3 is 1.05 bits per heavy atom. The van der Waals surface area contributed by atoms with Crippen LogP contribution in [0.4, 0.5) is 0 Å². The van der Waals surface area contributed by atoms with Crippen LogP contribution in [0.25, 0.3) is 132 Å². The van der Waals surface area contributed by atoms with Crippen molar-refractivity contribution in [2.75, 3.05) is 0 Å². The average molecular weight is 941 g/mol.